The molecule has 8 heterocycles. The molecule has 3 aliphatic heterocycles. The molecule has 5 aromatic heterocycles. The van der Waals surface area contributed by atoms with Gasteiger partial charge in [0.1, 0.15) is 52.2 Å². The Bertz CT molecular complexity index is 2950. The highest BCUT2D eigenvalue weighted by atomic mass is 32.2. The number of fused-ring (bicyclic) bond motifs is 2. The number of aliphatic hydroxyl groups is 1. The second kappa shape index (κ2) is 20.4. The second-order valence-electron chi connectivity index (χ2n) is 15.5. The first-order valence-electron chi connectivity index (χ1n) is 20.4. The van der Waals surface area contributed by atoms with Gasteiger partial charge in [0.05, 0.1) is 12.8 Å². The standard InChI is InChI=1S/C21H27N7O3.C18H18N8O7S3/c1-4-28-18-15(30-12-13-6-5-9-23-10-13)11-24-14(7-8-21(2,3)29)16(18)25-20(28)17-19(22)27-31-26-17;1-25-18(22-12(28)13(29)23-25)36-4-6-3-34-15-9(14(30)26(15)10(6)16(31)32)21-11(27)8(24-33-2)7-5-35-17(19)20-7/h11,13,23,29H,4-6,9-10,12H2,1-3H3,(H2,22,27);5,9,15H,3-4H2,1-2H3,(H2,19,20)(H,21,27)(H,23,29)(H,31,32)/b;24-8-/t13-;9-,15-/m01/s1. The first-order chi connectivity index (χ1) is 32.0. The van der Waals surface area contributed by atoms with Crippen molar-refractivity contribution in [3.63, 3.8) is 0 Å². The fraction of sp³-hybridized carbons (Fsp3) is 0.436. The average molecular weight is 980 g/mol. The lowest BCUT2D eigenvalue weighted by atomic mass is 10.0. The number of nitrogens with two attached hydrogens (primary N) is 2. The second-order valence-corrected chi connectivity index (χ2v) is 18.4. The Kier molecular flexibility index (Phi) is 14.6. The molecule has 5 aromatic rings. The number of carbonyl (C=O) groups is 3. The summed E-state index contributed by atoms with van der Waals surface area (Å²) in [6.45, 7) is 8.38. The molecule has 2 saturated heterocycles. The number of piperidine rings is 1. The number of carboxylic acid groups (broad SMARTS) is 1. The van der Waals surface area contributed by atoms with Crippen molar-refractivity contribution in [3.8, 4) is 29.1 Å². The van der Waals surface area contributed by atoms with Gasteiger partial charge in [0, 0.05) is 42.9 Å². The lowest BCUT2D eigenvalue weighted by Crippen LogP contribution is -2.71. The van der Waals surface area contributed by atoms with Crippen molar-refractivity contribution in [2.45, 2.75) is 62.3 Å². The number of pyridine rings is 1. The number of hydrogen-bond acceptors (Lipinski definition) is 22. The number of rotatable bonds is 13. The monoisotopic (exact) mass is 979 g/mol. The molecule has 0 spiro atoms. The number of thioether (sulfide) groups is 2. The number of aromatic amines is 1. The van der Waals surface area contributed by atoms with E-state index >= 15 is 0 Å². The van der Waals surface area contributed by atoms with Crippen LogP contribution in [0.15, 0.2) is 47.4 Å². The molecule has 67 heavy (non-hydrogen) atoms. The molecule has 0 saturated carbocycles. The number of carbonyl (C=O) groups excluding carboxylic acids is 2. The largest absolute Gasteiger partial charge is 0.489 e. The van der Waals surface area contributed by atoms with E-state index in [2.05, 4.69) is 58.0 Å². The number of nitrogens with one attached hydrogen (secondary N) is 3. The van der Waals surface area contributed by atoms with E-state index in [1.54, 1.807) is 20.0 Å². The van der Waals surface area contributed by atoms with Gasteiger partial charge in [0.15, 0.2) is 39.1 Å². The molecule has 0 bridgehead atoms. The quantitative estimate of drug-likeness (QED) is 0.0203. The number of anilines is 2. The van der Waals surface area contributed by atoms with E-state index in [1.165, 1.54) is 36.0 Å². The summed E-state index contributed by atoms with van der Waals surface area (Å²) in [6, 6.07) is -0.995. The van der Waals surface area contributed by atoms with E-state index in [0.29, 0.717) is 53.1 Å². The van der Waals surface area contributed by atoms with E-state index in [4.69, 9.17) is 30.7 Å². The van der Waals surface area contributed by atoms with Crippen molar-refractivity contribution in [1.29, 1.82) is 0 Å². The van der Waals surface area contributed by atoms with Crippen LogP contribution in [0.25, 0.3) is 22.6 Å². The summed E-state index contributed by atoms with van der Waals surface area (Å²) >= 11 is 3.41. The third kappa shape index (κ3) is 10.6. The third-order valence-corrected chi connectivity index (χ3v) is 13.3. The zero-order chi connectivity index (χ0) is 48.2. The molecule has 25 nitrogen and oxygen atoms in total. The number of amides is 2. The van der Waals surface area contributed by atoms with Crippen LogP contribution in [-0.2, 0) is 32.8 Å². The minimum Gasteiger partial charge on any atom is -0.489 e. The number of β-lactam (4-membered cyclic amide) rings is 1. The van der Waals surface area contributed by atoms with Crippen LogP contribution in [0.5, 0.6) is 5.75 Å². The fourth-order valence-corrected chi connectivity index (χ4v) is 10.0. The van der Waals surface area contributed by atoms with Gasteiger partial charge in [0.2, 0.25) is 0 Å². The number of aromatic nitrogens is 9. The number of carboxylic acids is 1. The van der Waals surface area contributed by atoms with Gasteiger partial charge in [-0.3, -0.25) is 33.9 Å². The molecule has 2 amide bonds. The molecule has 354 valence electrons. The van der Waals surface area contributed by atoms with Gasteiger partial charge in [-0.2, -0.15) is 4.98 Å². The summed E-state index contributed by atoms with van der Waals surface area (Å²) in [5.41, 5.74) is 10.9. The van der Waals surface area contributed by atoms with Crippen LogP contribution in [0, 0.1) is 17.8 Å². The highest BCUT2D eigenvalue weighted by Crippen LogP contribution is 2.41. The average Bonchev–Trinajstić information content (AvgIpc) is 4.04. The maximum Gasteiger partial charge on any atom is 0.352 e. The summed E-state index contributed by atoms with van der Waals surface area (Å²) < 4.78 is 14.2. The number of aliphatic carboxylic acids is 1. The maximum atomic E-state index is 12.9. The van der Waals surface area contributed by atoms with Gasteiger partial charge in [0.25, 0.3) is 11.8 Å². The molecule has 0 unspecified atom stereocenters. The molecule has 3 atom stereocenters. The number of aryl methyl sites for hydroxylation is 2. The van der Waals surface area contributed by atoms with E-state index in [1.807, 2.05) is 11.5 Å². The number of imidazole rings is 1. The molecule has 2 fully saturated rings. The van der Waals surface area contributed by atoms with Crippen molar-refractivity contribution in [2.75, 3.05) is 49.8 Å². The van der Waals surface area contributed by atoms with Gasteiger partial charge in [-0.15, -0.1) is 23.1 Å². The third-order valence-electron chi connectivity index (χ3n) is 10.2. The predicted molar refractivity (Wildman–Crippen MR) is 246 cm³/mol. The van der Waals surface area contributed by atoms with Crippen LogP contribution < -0.4 is 38.0 Å². The number of nitrogen functional groups attached to an aromatic ring is 2. The SMILES string of the molecule is CCn1c(-c2nonc2N)nc2c(C#CC(C)(C)O)ncc(OC[C@H]3CCCNC3)c21.CO/N=C(\C(=O)N[C@@H]1C(=O)N2C(C(=O)O)=C(CSc3nc(=O)c(=O)[nH]n3C)CS[C@H]12)c1csc(N)n1. The molecule has 0 aromatic carbocycles. The van der Waals surface area contributed by atoms with E-state index in [9.17, 15) is 34.2 Å². The minimum absolute atomic E-state index is 0.102. The van der Waals surface area contributed by atoms with Gasteiger partial charge in [-0.1, -0.05) is 22.8 Å². The van der Waals surface area contributed by atoms with E-state index < -0.39 is 45.9 Å². The van der Waals surface area contributed by atoms with Gasteiger partial charge >= 0.3 is 17.1 Å². The topological polar surface area (TPSA) is 352 Å². The Morgan fingerprint density at radius 3 is 2.63 bits per heavy atom. The Balaban J connectivity index is 0.000000201. The van der Waals surface area contributed by atoms with Crippen LogP contribution in [0.3, 0.4) is 0 Å². The molecular formula is C39H45N15O10S3. The molecule has 0 aliphatic carbocycles. The summed E-state index contributed by atoms with van der Waals surface area (Å²) in [4.78, 5) is 83.4. The molecule has 8 rings (SSSR count). The molecule has 0 radical (unpaired) electrons. The van der Waals surface area contributed by atoms with Crippen LogP contribution in [0.1, 0.15) is 45.0 Å². The lowest BCUT2D eigenvalue weighted by Gasteiger charge is -2.49. The first kappa shape index (κ1) is 48.1. The van der Waals surface area contributed by atoms with E-state index in [-0.39, 0.29) is 44.7 Å². The van der Waals surface area contributed by atoms with Crippen LogP contribution >= 0.6 is 34.9 Å². The maximum absolute atomic E-state index is 12.9. The van der Waals surface area contributed by atoms with Gasteiger partial charge < -0.3 is 46.5 Å². The number of oxime groups is 1. The summed E-state index contributed by atoms with van der Waals surface area (Å²) in [7, 11) is 2.74. The predicted octanol–water partition coefficient (Wildman–Crippen LogP) is -0.0271. The van der Waals surface area contributed by atoms with Crippen molar-refractivity contribution < 1.29 is 38.8 Å². The lowest BCUT2D eigenvalue weighted by molar-refractivity contribution is -0.150. The van der Waals surface area contributed by atoms with Crippen LogP contribution in [-0.4, -0.2) is 139 Å². The van der Waals surface area contributed by atoms with Crippen molar-refractivity contribution in [1.82, 2.24) is 60.1 Å². The van der Waals surface area contributed by atoms with Crippen LogP contribution in [0.4, 0.5) is 10.9 Å². The van der Waals surface area contributed by atoms with Crippen molar-refractivity contribution >= 4 is 80.3 Å². The highest BCUT2D eigenvalue weighted by molar-refractivity contribution is 8.01. The molecule has 28 heteroatoms. The van der Waals surface area contributed by atoms with Crippen molar-refractivity contribution in [2.24, 2.45) is 18.1 Å². The van der Waals surface area contributed by atoms with Crippen LogP contribution in [0.2, 0.25) is 0 Å². The highest BCUT2D eigenvalue weighted by Gasteiger charge is 2.54. The Labute approximate surface area is 392 Å². The molecule has 9 N–H and O–H groups in total. The smallest absolute Gasteiger partial charge is 0.352 e. The molecule has 3 aliphatic rings. The number of H-pyrrole nitrogens is 1. The number of hydrogen-bond donors (Lipinski definition) is 7. The Hall–Kier alpha value is -6.80. The zero-order valence-electron chi connectivity index (χ0n) is 36.6. The van der Waals surface area contributed by atoms with E-state index in [0.717, 1.165) is 59.4 Å². The Morgan fingerprint density at radius 2 is 1.99 bits per heavy atom. The zero-order valence-corrected chi connectivity index (χ0v) is 39.0. The number of nitrogens with zero attached hydrogens (tertiary/aromatic N) is 10. The number of thiazole rings is 1. The summed E-state index contributed by atoms with van der Waals surface area (Å²) in [5, 5.41) is 40.7. The van der Waals surface area contributed by atoms with Crippen molar-refractivity contribution in [3.05, 3.63) is 54.9 Å². The Morgan fingerprint density at radius 1 is 1.19 bits per heavy atom. The first-order valence-corrected chi connectivity index (χ1v) is 23.3. The number of ether oxygens (including phenoxy) is 1. The fourth-order valence-electron chi connectivity index (χ4n) is 7.07. The van der Waals surface area contributed by atoms with Gasteiger partial charge in [-0.25, -0.2) is 24.4 Å². The summed E-state index contributed by atoms with van der Waals surface area (Å²) in [5.74, 6) is 5.15. The normalized spacial score (nSPS) is 18.3. The molecular weight excluding hydrogens is 935 g/mol. The minimum atomic E-state index is -1.31. The van der Waals surface area contributed by atoms with Gasteiger partial charge in [-0.05, 0) is 62.0 Å². The summed E-state index contributed by atoms with van der Waals surface area (Å²) in [6.07, 6.45) is 3.93.